The Kier molecular flexibility index (Phi) is 3.47. The maximum Gasteiger partial charge on any atom is 0.573 e. The van der Waals surface area contributed by atoms with Crippen LogP contribution in [0, 0.1) is 0 Å². The van der Waals surface area contributed by atoms with Gasteiger partial charge in [-0.1, -0.05) is 0 Å². The fourth-order valence-electron chi connectivity index (χ4n) is 1.13. The number of ketones is 1. The first-order valence-corrected chi connectivity index (χ1v) is 4.86. The van der Waals surface area contributed by atoms with E-state index in [9.17, 15) is 18.0 Å². The van der Waals surface area contributed by atoms with E-state index in [1.807, 2.05) is 0 Å². The van der Waals surface area contributed by atoms with Crippen molar-refractivity contribution in [1.82, 2.24) is 0 Å². The molecule has 0 amide bonds. The summed E-state index contributed by atoms with van der Waals surface area (Å²) in [7, 11) is 0. The van der Waals surface area contributed by atoms with Crippen molar-refractivity contribution in [2.24, 2.45) is 0 Å². The number of nitrogen functional groups attached to an aromatic ring is 1. The minimum atomic E-state index is -4.89. The van der Waals surface area contributed by atoms with Gasteiger partial charge in [-0.2, -0.15) is 0 Å². The molecule has 0 radical (unpaired) electrons. The average Bonchev–Trinajstić information content (AvgIpc) is 2.08. The Hall–Kier alpha value is -1.24. The van der Waals surface area contributed by atoms with Gasteiger partial charge in [0.05, 0.1) is 11.3 Å². The van der Waals surface area contributed by atoms with E-state index in [4.69, 9.17) is 5.73 Å². The van der Waals surface area contributed by atoms with Gasteiger partial charge >= 0.3 is 6.36 Å². The van der Waals surface area contributed by atoms with Crippen molar-refractivity contribution < 1.29 is 22.7 Å². The number of nitrogens with two attached hydrogens (primary N) is 1. The number of anilines is 1. The highest BCUT2D eigenvalue weighted by Crippen LogP contribution is 2.36. The number of carbonyl (C=O) groups excluding carboxylic acids is 1. The predicted molar refractivity (Wildman–Crippen MR) is 55.2 cm³/mol. The second-order valence-electron chi connectivity index (χ2n) is 2.94. The van der Waals surface area contributed by atoms with E-state index in [2.05, 4.69) is 20.7 Å². The van der Waals surface area contributed by atoms with Crippen LogP contribution in [0.15, 0.2) is 16.6 Å². The van der Waals surface area contributed by atoms with Crippen LogP contribution in [0.3, 0.4) is 0 Å². The topological polar surface area (TPSA) is 52.3 Å². The minimum Gasteiger partial charge on any atom is -0.403 e. The maximum atomic E-state index is 12.1. The van der Waals surface area contributed by atoms with Crippen LogP contribution in [-0.4, -0.2) is 12.1 Å². The molecule has 0 atom stereocenters. The molecule has 1 rings (SSSR count). The molecule has 1 aromatic carbocycles. The lowest BCUT2D eigenvalue weighted by Crippen LogP contribution is -2.20. The molecule has 16 heavy (non-hydrogen) atoms. The highest BCUT2D eigenvalue weighted by atomic mass is 79.9. The first-order chi connectivity index (χ1) is 7.22. The lowest BCUT2D eigenvalue weighted by atomic mass is 10.1. The molecule has 0 saturated carbocycles. The van der Waals surface area contributed by atoms with Gasteiger partial charge in [-0.15, -0.1) is 13.2 Å². The molecule has 3 nitrogen and oxygen atoms in total. The molecule has 7 heteroatoms. The van der Waals surface area contributed by atoms with E-state index in [1.54, 1.807) is 0 Å². The molecule has 0 aromatic heterocycles. The number of hydrogen-bond acceptors (Lipinski definition) is 3. The van der Waals surface area contributed by atoms with Crippen molar-refractivity contribution in [2.75, 3.05) is 5.73 Å². The van der Waals surface area contributed by atoms with Gasteiger partial charge in [0.2, 0.25) is 0 Å². The Bertz CT molecular complexity index is 431. The summed E-state index contributed by atoms with van der Waals surface area (Å²) >= 11 is 2.97. The lowest BCUT2D eigenvalue weighted by Gasteiger charge is -2.14. The molecular weight excluding hydrogens is 291 g/mol. The maximum absolute atomic E-state index is 12.1. The van der Waals surface area contributed by atoms with Crippen molar-refractivity contribution >= 4 is 27.4 Å². The Morgan fingerprint density at radius 1 is 1.44 bits per heavy atom. The minimum absolute atomic E-state index is 0.202. The van der Waals surface area contributed by atoms with Crippen LogP contribution < -0.4 is 10.5 Å². The highest BCUT2D eigenvalue weighted by molar-refractivity contribution is 9.10. The standard InChI is InChI=1S/C9H7BrF3NO2/c1-4(15)7-5(10)2-3-6(14)8(7)16-9(11,12)13/h2-3H,14H2,1H3. The molecule has 0 spiro atoms. The Morgan fingerprint density at radius 3 is 2.44 bits per heavy atom. The van der Waals surface area contributed by atoms with Gasteiger partial charge in [0.1, 0.15) is 0 Å². The zero-order valence-corrected chi connectivity index (χ0v) is 9.65. The molecule has 1 aromatic rings. The van der Waals surface area contributed by atoms with Crippen LogP contribution in [-0.2, 0) is 0 Å². The van der Waals surface area contributed by atoms with E-state index in [-0.39, 0.29) is 15.7 Å². The summed E-state index contributed by atoms with van der Waals surface area (Å²) < 4.78 is 40.2. The van der Waals surface area contributed by atoms with Crippen molar-refractivity contribution in [1.29, 1.82) is 0 Å². The largest absolute Gasteiger partial charge is 0.573 e. The zero-order valence-electron chi connectivity index (χ0n) is 8.06. The Morgan fingerprint density at radius 2 is 2.00 bits per heavy atom. The summed E-state index contributed by atoms with van der Waals surface area (Å²) in [6, 6.07) is 2.60. The van der Waals surface area contributed by atoms with E-state index in [0.717, 1.165) is 6.92 Å². The van der Waals surface area contributed by atoms with Gasteiger partial charge in [-0.05, 0) is 35.0 Å². The number of ether oxygens (including phenoxy) is 1. The van der Waals surface area contributed by atoms with Crippen LogP contribution in [0.1, 0.15) is 17.3 Å². The molecule has 0 bridgehead atoms. The van der Waals surface area contributed by atoms with Gasteiger partial charge < -0.3 is 10.5 Å². The molecule has 0 heterocycles. The van der Waals surface area contributed by atoms with Crippen molar-refractivity contribution in [3.05, 3.63) is 22.2 Å². The number of carbonyl (C=O) groups is 1. The van der Waals surface area contributed by atoms with Crippen LogP contribution in [0.4, 0.5) is 18.9 Å². The van der Waals surface area contributed by atoms with E-state index < -0.39 is 17.9 Å². The van der Waals surface area contributed by atoms with Gasteiger partial charge in [-0.3, -0.25) is 4.79 Å². The summed E-state index contributed by atoms with van der Waals surface area (Å²) in [5.74, 6) is -1.24. The van der Waals surface area contributed by atoms with Gasteiger partial charge in [-0.25, -0.2) is 0 Å². The Balaban J connectivity index is 3.35. The van der Waals surface area contributed by atoms with Gasteiger partial charge in [0.25, 0.3) is 0 Å². The normalized spacial score (nSPS) is 11.3. The molecule has 0 unspecified atom stereocenters. The predicted octanol–water partition coefficient (Wildman–Crippen LogP) is 3.13. The van der Waals surface area contributed by atoms with Crippen molar-refractivity contribution in [2.45, 2.75) is 13.3 Å². The lowest BCUT2D eigenvalue weighted by molar-refractivity contribution is -0.274. The van der Waals surface area contributed by atoms with E-state index in [0.29, 0.717) is 0 Å². The number of Topliss-reactive ketones (excluding diaryl/α,β-unsaturated/α-hetero) is 1. The summed E-state index contributed by atoms with van der Waals surface area (Å²) in [5.41, 5.74) is 4.87. The molecule has 0 aliphatic carbocycles. The van der Waals surface area contributed by atoms with E-state index >= 15 is 0 Å². The second-order valence-corrected chi connectivity index (χ2v) is 3.80. The molecule has 0 aliphatic heterocycles. The number of halogens is 4. The van der Waals surface area contributed by atoms with Gasteiger partial charge in [0, 0.05) is 4.47 Å². The van der Waals surface area contributed by atoms with Crippen LogP contribution in [0.5, 0.6) is 5.75 Å². The third kappa shape index (κ3) is 2.88. The van der Waals surface area contributed by atoms with Gasteiger partial charge in [0.15, 0.2) is 11.5 Å². The highest BCUT2D eigenvalue weighted by Gasteiger charge is 2.34. The number of hydrogen-bond donors (Lipinski definition) is 1. The molecule has 2 N–H and O–H groups in total. The van der Waals surface area contributed by atoms with Crippen LogP contribution in [0.2, 0.25) is 0 Å². The number of alkyl halides is 3. The van der Waals surface area contributed by atoms with E-state index in [1.165, 1.54) is 12.1 Å². The third-order valence-electron chi connectivity index (χ3n) is 1.71. The molecule has 0 fully saturated rings. The fraction of sp³-hybridized carbons (Fsp3) is 0.222. The van der Waals surface area contributed by atoms with Crippen molar-refractivity contribution in [3.63, 3.8) is 0 Å². The second kappa shape index (κ2) is 4.32. The first-order valence-electron chi connectivity index (χ1n) is 4.07. The summed E-state index contributed by atoms with van der Waals surface area (Å²) in [4.78, 5) is 11.2. The number of benzene rings is 1. The monoisotopic (exact) mass is 297 g/mol. The molecule has 0 aliphatic rings. The quantitative estimate of drug-likeness (QED) is 0.674. The average molecular weight is 298 g/mol. The van der Waals surface area contributed by atoms with Crippen LogP contribution in [0.25, 0.3) is 0 Å². The fourth-order valence-corrected chi connectivity index (χ4v) is 1.72. The SMILES string of the molecule is CC(=O)c1c(Br)ccc(N)c1OC(F)(F)F. The summed E-state index contributed by atoms with van der Waals surface area (Å²) in [6.45, 7) is 1.13. The Labute approximate surface area is 97.5 Å². The third-order valence-corrected chi connectivity index (χ3v) is 2.37. The first kappa shape index (κ1) is 12.8. The number of rotatable bonds is 2. The molecule has 0 saturated heterocycles. The molecular formula is C9H7BrF3NO2. The van der Waals surface area contributed by atoms with Crippen molar-refractivity contribution in [3.8, 4) is 5.75 Å². The summed E-state index contributed by atoms with van der Waals surface area (Å²) in [5, 5.41) is 0. The zero-order chi connectivity index (χ0) is 12.5. The van der Waals surface area contributed by atoms with Crippen LogP contribution >= 0.6 is 15.9 Å². The summed E-state index contributed by atoms with van der Waals surface area (Å²) in [6.07, 6.45) is -4.89. The molecule has 88 valence electrons. The smallest absolute Gasteiger partial charge is 0.403 e.